The Labute approximate surface area is 221 Å². The van der Waals surface area contributed by atoms with Gasteiger partial charge in [0.2, 0.25) is 5.91 Å². The quantitative estimate of drug-likeness (QED) is 0.408. The van der Waals surface area contributed by atoms with Crippen molar-refractivity contribution in [1.29, 1.82) is 0 Å². The molecule has 0 fully saturated rings. The van der Waals surface area contributed by atoms with E-state index in [4.69, 9.17) is 4.74 Å². The molecule has 0 bridgehead atoms. The molecule has 1 aliphatic heterocycles. The molecule has 194 valence electrons. The highest BCUT2D eigenvalue weighted by molar-refractivity contribution is 5.97. The van der Waals surface area contributed by atoms with Gasteiger partial charge in [-0.2, -0.15) is 0 Å². The zero-order chi connectivity index (χ0) is 26.0. The average molecular weight is 499 g/mol. The van der Waals surface area contributed by atoms with Crippen LogP contribution in [0.2, 0.25) is 0 Å². The van der Waals surface area contributed by atoms with Crippen molar-refractivity contribution in [3.63, 3.8) is 0 Å². The lowest BCUT2D eigenvalue weighted by molar-refractivity contribution is -0.118. The maximum atomic E-state index is 13.7. The number of nitrogens with zero attached hydrogens (tertiary/aromatic N) is 2. The number of anilines is 1. The fraction of sp³-hybridized carbons (Fsp3) is 0.375. The zero-order valence-electron chi connectivity index (χ0n) is 22.1. The van der Waals surface area contributed by atoms with E-state index in [1.165, 1.54) is 0 Å². The predicted octanol–water partition coefficient (Wildman–Crippen LogP) is 6.58. The monoisotopic (exact) mass is 498 g/mol. The van der Waals surface area contributed by atoms with Crippen LogP contribution in [0.5, 0.6) is 5.75 Å². The Bertz CT molecular complexity index is 1210. The van der Waals surface area contributed by atoms with E-state index in [0.717, 1.165) is 72.2 Å². The molecule has 0 radical (unpaired) electrons. The third-order valence-electron chi connectivity index (χ3n) is 7.16. The van der Waals surface area contributed by atoms with Gasteiger partial charge in [0.1, 0.15) is 5.75 Å². The van der Waals surface area contributed by atoms with Crippen LogP contribution in [0.3, 0.4) is 0 Å². The molecule has 0 saturated heterocycles. The number of rotatable bonds is 4. The predicted molar refractivity (Wildman–Crippen MR) is 149 cm³/mol. The van der Waals surface area contributed by atoms with E-state index in [1.54, 1.807) is 7.11 Å². The third kappa shape index (κ3) is 7.00. The van der Waals surface area contributed by atoms with Crippen molar-refractivity contribution < 1.29 is 14.3 Å². The van der Waals surface area contributed by atoms with Gasteiger partial charge in [-0.15, -0.1) is 0 Å². The molecular formula is C32H38N2O3. The van der Waals surface area contributed by atoms with Gasteiger partial charge in [0.25, 0.3) is 5.91 Å². The minimum Gasteiger partial charge on any atom is -0.497 e. The fourth-order valence-corrected chi connectivity index (χ4v) is 5.06. The number of methoxy groups -OCH3 is 1. The van der Waals surface area contributed by atoms with Crippen molar-refractivity contribution in [1.82, 2.24) is 4.90 Å². The summed E-state index contributed by atoms with van der Waals surface area (Å²) in [7, 11) is 1.64. The molecule has 0 spiro atoms. The molecule has 4 rings (SSSR count). The van der Waals surface area contributed by atoms with Crippen molar-refractivity contribution >= 4 is 17.5 Å². The van der Waals surface area contributed by atoms with Gasteiger partial charge in [0.05, 0.1) is 13.5 Å². The number of hydrogen-bond donors (Lipinski definition) is 0. The molecule has 3 aromatic rings. The summed E-state index contributed by atoms with van der Waals surface area (Å²) in [4.78, 5) is 31.3. The first-order valence-corrected chi connectivity index (χ1v) is 13.4. The van der Waals surface area contributed by atoms with Crippen LogP contribution in [0.4, 0.5) is 5.69 Å². The number of amides is 2. The molecule has 37 heavy (non-hydrogen) atoms. The molecule has 5 nitrogen and oxygen atoms in total. The van der Waals surface area contributed by atoms with Crippen LogP contribution in [-0.2, 0) is 17.8 Å². The number of benzene rings is 3. The first kappa shape index (κ1) is 26.5. The van der Waals surface area contributed by atoms with E-state index in [0.29, 0.717) is 26.1 Å². The summed E-state index contributed by atoms with van der Waals surface area (Å²) < 4.78 is 5.36. The van der Waals surface area contributed by atoms with E-state index < -0.39 is 0 Å². The molecule has 1 aliphatic rings. The number of hydrogen-bond acceptors (Lipinski definition) is 3. The van der Waals surface area contributed by atoms with Gasteiger partial charge in [-0.3, -0.25) is 9.59 Å². The highest BCUT2D eigenvalue weighted by Gasteiger charge is 2.23. The highest BCUT2D eigenvalue weighted by Crippen LogP contribution is 2.26. The second kappa shape index (κ2) is 13.1. The van der Waals surface area contributed by atoms with Gasteiger partial charge in [0.15, 0.2) is 0 Å². The second-order valence-corrected chi connectivity index (χ2v) is 9.87. The van der Waals surface area contributed by atoms with Crippen molar-refractivity contribution in [2.45, 2.75) is 58.4 Å². The van der Waals surface area contributed by atoms with Crippen LogP contribution >= 0.6 is 0 Å². The Morgan fingerprint density at radius 3 is 2.30 bits per heavy atom. The van der Waals surface area contributed by atoms with Gasteiger partial charge in [-0.05, 0) is 60.7 Å². The molecule has 1 heterocycles. The lowest BCUT2D eigenvalue weighted by atomic mass is 10.1. The smallest absolute Gasteiger partial charge is 0.254 e. The minimum absolute atomic E-state index is 0.0528. The maximum absolute atomic E-state index is 13.7. The van der Waals surface area contributed by atoms with Crippen molar-refractivity contribution in [3.05, 3.63) is 95.1 Å². The number of carbonyl (C=O) groups is 2. The largest absolute Gasteiger partial charge is 0.497 e. The van der Waals surface area contributed by atoms with Gasteiger partial charge in [-0.25, -0.2) is 0 Å². The molecule has 5 heteroatoms. The Morgan fingerprint density at radius 2 is 1.51 bits per heavy atom. The number of para-hydroxylation sites is 1. The van der Waals surface area contributed by atoms with Crippen LogP contribution in [-0.4, -0.2) is 36.9 Å². The molecule has 2 amide bonds. The number of fused-ring (bicyclic) bond motifs is 1. The molecule has 0 unspecified atom stereocenters. The summed E-state index contributed by atoms with van der Waals surface area (Å²) in [6.07, 6.45) is 6.75. The summed E-state index contributed by atoms with van der Waals surface area (Å²) in [6.45, 7) is 3.85. The molecule has 0 N–H and O–H groups in total. The fourth-order valence-electron chi connectivity index (χ4n) is 5.06. The zero-order valence-corrected chi connectivity index (χ0v) is 22.1. The Morgan fingerprint density at radius 1 is 0.811 bits per heavy atom. The van der Waals surface area contributed by atoms with E-state index in [2.05, 4.69) is 6.07 Å². The van der Waals surface area contributed by atoms with Crippen LogP contribution in [0.25, 0.3) is 0 Å². The SMILES string of the molecule is COc1cccc(CC(=O)N2CCCCCCCCN(C(=O)c3ccccc3C)Cc3ccccc32)c1. The van der Waals surface area contributed by atoms with E-state index in [9.17, 15) is 9.59 Å². The molecular weight excluding hydrogens is 460 g/mol. The molecule has 0 aliphatic carbocycles. The first-order chi connectivity index (χ1) is 18.1. The Hall–Kier alpha value is -3.60. The standard InChI is InChI=1S/C32H38N2O3/c1-25-14-7-9-18-29(25)32(36)33-20-11-5-3-4-6-12-21-34(30-19-10-8-16-27(30)24-33)31(35)23-26-15-13-17-28(22-26)37-2/h7-10,13-19,22H,3-6,11-12,20-21,23-24H2,1-2H3. The first-order valence-electron chi connectivity index (χ1n) is 13.4. The highest BCUT2D eigenvalue weighted by atomic mass is 16.5. The molecule has 0 saturated carbocycles. The van der Waals surface area contributed by atoms with E-state index in [1.807, 2.05) is 83.5 Å². The summed E-state index contributed by atoms with van der Waals surface area (Å²) in [5, 5.41) is 0. The Balaban J connectivity index is 1.65. The van der Waals surface area contributed by atoms with E-state index >= 15 is 0 Å². The molecule has 0 aromatic heterocycles. The second-order valence-electron chi connectivity index (χ2n) is 9.87. The Kier molecular flexibility index (Phi) is 9.36. The summed E-state index contributed by atoms with van der Waals surface area (Å²) >= 11 is 0. The van der Waals surface area contributed by atoms with Gasteiger partial charge in [0, 0.05) is 30.9 Å². The summed E-state index contributed by atoms with van der Waals surface area (Å²) in [6, 6.07) is 23.5. The topological polar surface area (TPSA) is 49.9 Å². The van der Waals surface area contributed by atoms with Crippen LogP contribution in [0, 0.1) is 6.92 Å². The minimum atomic E-state index is 0.0528. The number of aryl methyl sites for hydroxylation is 1. The summed E-state index contributed by atoms with van der Waals surface area (Å²) in [5.41, 5.74) is 4.56. The van der Waals surface area contributed by atoms with Crippen molar-refractivity contribution in [3.8, 4) is 5.75 Å². The van der Waals surface area contributed by atoms with Gasteiger partial charge in [-0.1, -0.05) is 74.2 Å². The number of ether oxygens (including phenoxy) is 1. The van der Waals surface area contributed by atoms with Crippen LogP contribution in [0.1, 0.15) is 65.6 Å². The molecule has 3 aromatic carbocycles. The van der Waals surface area contributed by atoms with Gasteiger partial charge >= 0.3 is 0 Å². The summed E-state index contributed by atoms with van der Waals surface area (Å²) in [5.74, 6) is 0.866. The molecule has 0 atom stereocenters. The normalized spacial score (nSPS) is 15.1. The lowest BCUT2D eigenvalue weighted by Crippen LogP contribution is -2.36. The average Bonchev–Trinajstić information content (AvgIpc) is 2.93. The third-order valence-corrected chi connectivity index (χ3v) is 7.16. The van der Waals surface area contributed by atoms with Crippen LogP contribution < -0.4 is 9.64 Å². The van der Waals surface area contributed by atoms with Gasteiger partial charge < -0.3 is 14.5 Å². The lowest BCUT2D eigenvalue weighted by Gasteiger charge is -2.29. The number of carbonyl (C=O) groups excluding carboxylic acids is 2. The van der Waals surface area contributed by atoms with Crippen LogP contribution in [0.15, 0.2) is 72.8 Å². The van der Waals surface area contributed by atoms with E-state index in [-0.39, 0.29) is 11.8 Å². The van der Waals surface area contributed by atoms with Crippen molar-refractivity contribution in [2.75, 3.05) is 25.1 Å². The van der Waals surface area contributed by atoms with Crippen molar-refractivity contribution in [2.24, 2.45) is 0 Å². The maximum Gasteiger partial charge on any atom is 0.254 e.